The van der Waals surface area contributed by atoms with Crippen LogP contribution in [0.1, 0.15) is 6.92 Å². The van der Waals surface area contributed by atoms with E-state index in [9.17, 15) is 0 Å². The summed E-state index contributed by atoms with van der Waals surface area (Å²) in [5.74, 6) is 0. The Labute approximate surface area is 63.5 Å². The van der Waals surface area contributed by atoms with E-state index in [0.717, 1.165) is 15.7 Å². The van der Waals surface area contributed by atoms with Crippen molar-refractivity contribution in [3.05, 3.63) is 12.2 Å². The highest BCUT2D eigenvalue weighted by molar-refractivity contribution is 8.13. The number of hydrogen-bond donors (Lipinski definition) is 0. The first kappa shape index (κ1) is 5.14. The van der Waals surface area contributed by atoms with Crippen molar-refractivity contribution in [1.29, 1.82) is 0 Å². The third kappa shape index (κ3) is 0.501. The van der Waals surface area contributed by atoms with E-state index in [1.807, 2.05) is 0 Å². The zero-order chi connectivity index (χ0) is 6.06. The molecule has 0 aromatic rings. The van der Waals surface area contributed by atoms with Gasteiger partial charge in [-0.3, -0.25) is 0 Å². The summed E-state index contributed by atoms with van der Waals surface area (Å²) >= 11 is 4.28. The van der Waals surface area contributed by atoms with Gasteiger partial charge in [-0.2, -0.15) is 0 Å². The molecule has 0 N–H and O–H groups in total. The maximum atomic E-state index is 2.41. The Morgan fingerprint density at radius 1 is 1.44 bits per heavy atom. The van der Waals surface area contributed by atoms with Gasteiger partial charge in [0.25, 0.3) is 0 Å². The number of thioether (sulfide) groups is 2. The number of fused-ring (bicyclic) bond motifs is 3. The average molecular weight is 156 g/mol. The normalized spacial score (nSPS) is 66.6. The summed E-state index contributed by atoms with van der Waals surface area (Å²) in [4.78, 5) is 0. The van der Waals surface area contributed by atoms with E-state index in [2.05, 4.69) is 42.6 Å². The predicted molar refractivity (Wildman–Crippen MR) is 44.1 cm³/mol. The minimum absolute atomic E-state index is 0.671. The molecule has 0 aromatic heterocycles. The van der Waals surface area contributed by atoms with Crippen LogP contribution in [-0.4, -0.2) is 20.5 Å². The minimum atomic E-state index is 0.671. The first-order chi connectivity index (χ1) is 4.31. The summed E-state index contributed by atoms with van der Waals surface area (Å²) in [6.07, 6.45) is 4.79. The lowest BCUT2D eigenvalue weighted by molar-refractivity contribution is 0.734. The van der Waals surface area contributed by atoms with Gasteiger partial charge in [0.1, 0.15) is 0 Å². The van der Waals surface area contributed by atoms with Crippen molar-refractivity contribution < 1.29 is 0 Å². The molecule has 0 aromatic carbocycles. The first-order valence-electron chi connectivity index (χ1n) is 3.32. The lowest BCUT2D eigenvalue weighted by Crippen LogP contribution is -2.20. The van der Waals surface area contributed by atoms with Gasteiger partial charge in [-0.05, 0) is 6.92 Å². The molecule has 4 unspecified atom stereocenters. The van der Waals surface area contributed by atoms with Crippen LogP contribution in [0, 0.1) is 0 Å². The molecule has 2 fully saturated rings. The second-order valence-electron chi connectivity index (χ2n) is 3.13. The fourth-order valence-electron chi connectivity index (χ4n) is 1.64. The molecule has 2 heterocycles. The zero-order valence-electron chi connectivity index (χ0n) is 5.20. The molecule has 0 saturated carbocycles. The molecule has 0 amide bonds. The van der Waals surface area contributed by atoms with Crippen molar-refractivity contribution in [2.24, 2.45) is 0 Å². The van der Waals surface area contributed by atoms with Crippen LogP contribution in [0.15, 0.2) is 12.2 Å². The van der Waals surface area contributed by atoms with Gasteiger partial charge in [-0.15, -0.1) is 23.5 Å². The maximum Gasteiger partial charge on any atom is 0.0424 e. The molecule has 4 atom stereocenters. The van der Waals surface area contributed by atoms with Crippen LogP contribution < -0.4 is 0 Å². The lowest BCUT2D eigenvalue weighted by atomic mass is 9.97. The summed E-state index contributed by atoms with van der Waals surface area (Å²) in [7, 11) is 0. The fourth-order valence-corrected chi connectivity index (χ4v) is 4.52. The molecule has 0 spiro atoms. The highest BCUT2D eigenvalue weighted by Gasteiger charge is 2.65. The van der Waals surface area contributed by atoms with Crippen molar-refractivity contribution >= 4 is 23.5 Å². The summed E-state index contributed by atoms with van der Waals surface area (Å²) in [6, 6.07) is 0. The molecule has 3 aliphatic rings. The Kier molecular flexibility index (Phi) is 0.706. The van der Waals surface area contributed by atoms with Crippen LogP contribution in [0.5, 0.6) is 0 Å². The van der Waals surface area contributed by atoms with Gasteiger partial charge in [-0.25, -0.2) is 0 Å². The Morgan fingerprint density at radius 3 is 3.11 bits per heavy atom. The van der Waals surface area contributed by atoms with Crippen molar-refractivity contribution in [3.63, 3.8) is 0 Å². The molecule has 0 radical (unpaired) electrons. The minimum Gasteiger partial charge on any atom is -0.147 e. The topological polar surface area (TPSA) is 0 Å². The first-order valence-corrected chi connectivity index (χ1v) is 5.14. The van der Waals surface area contributed by atoms with E-state index in [-0.39, 0.29) is 0 Å². The molecular weight excluding hydrogens is 148 g/mol. The Hall–Kier alpha value is 0.440. The molecule has 0 bridgehead atoms. The quantitative estimate of drug-likeness (QED) is 0.388. The largest absolute Gasteiger partial charge is 0.147 e. The van der Waals surface area contributed by atoms with Gasteiger partial charge in [0.05, 0.1) is 0 Å². The van der Waals surface area contributed by atoms with Gasteiger partial charge < -0.3 is 0 Å². The summed E-state index contributed by atoms with van der Waals surface area (Å²) in [5.41, 5.74) is 0. The van der Waals surface area contributed by atoms with Crippen LogP contribution in [0.3, 0.4) is 0 Å². The third-order valence-electron chi connectivity index (χ3n) is 2.45. The third-order valence-corrected chi connectivity index (χ3v) is 5.77. The fraction of sp³-hybridized carbons (Fsp3) is 0.714. The van der Waals surface area contributed by atoms with Gasteiger partial charge in [0.15, 0.2) is 0 Å². The van der Waals surface area contributed by atoms with Crippen LogP contribution in [-0.2, 0) is 0 Å². The standard InChI is InChI=1S/C7H8S2/c1-7-5(9-7)3-2-4-6(7)8-4/h2-6H,1H3. The van der Waals surface area contributed by atoms with E-state index >= 15 is 0 Å². The molecule has 0 nitrogen and oxygen atoms in total. The molecule has 3 rings (SSSR count). The molecular formula is C7H8S2. The van der Waals surface area contributed by atoms with E-state index in [1.165, 1.54) is 0 Å². The number of hydrogen-bond acceptors (Lipinski definition) is 2. The Balaban J connectivity index is 2.06. The van der Waals surface area contributed by atoms with Crippen molar-refractivity contribution in [1.82, 2.24) is 0 Å². The van der Waals surface area contributed by atoms with Gasteiger partial charge in [-0.1, -0.05) is 12.2 Å². The summed E-state index contributed by atoms with van der Waals surface area (Å²) in [6.45, 7) is 2.41. The SMILES string of the molecule is CC12SC1C=CC1SC12. The molecule has 2 heteroatoms. The average Bonchev–Trinajstić information content (AvgIpc) is 2.52. The maximum absolute atomic E-state index is 2.41. The van der Waals surface area contributed by atoms with E-state index in [4.69, 9.17) is 0 Å². The second kappa shape index (κ2) is 1.24. The molecule has 48 valence electrons. The van der Waals surface area contributed by atoms with Crippen molar-refractivity contribution in [2.45, 2.75) is 27.4 Å². The van der Waals surface area contributed by atoms with Crippen LogP contribution >= 0.6 is 23.5 Å². The molecule has 2 saturated heterocycles. The lowest BCUT2D eigenvalue weighted by Gasteiger charge is -2.05. The highest BCUT2D eigenvalue weighted by atomic mass is 32.2. The zero-order valence-corrected chi connectivity index (χ0v) is 6.84. The van der Waals surface area contributed by atoms with Crippen molar-refractivity contribution in [2.75, 3.05) is 0 Å². The van der Waals surface area contributed by atoms with E-state index < -0.39 is 0 Å². The van der Waals surface area contributed by atoms with E-state index in [0.29, 0.717) is 4.75 Å². The van der Waals surface area contributed by atoms with E-state index in [1.54, 1.807) is 0 Å². The molecule has 9 heavy (non-hydrogen) atoms. The van der Waals surface area contributed by atoms with Gasteiger partial charge >= 0.3 is 0 Å². The molecule has 2 aliphatic heterocycles. The van der Waals surface area contributed by atoms with Crippen molar-refractivity contribution in [3.8, 4) is 0 Å². The van der Waals surface area contributed by atoms with Crippen LogP contribution in [0.25, 0.3) is 0 Å². The van der Waals surface area contributed by atoms with Gasteiger partial charge in [0.2, 0.25) is 0 Å². The smallest absolute Gasteiger partial charge is 0.0424 e. The predicted octanol–water partition coefficient (Wildman–Crippen LogP) is 1.91. The summed E-state index contributed by atoms with van der Waals surface area (Å²) < 4.78 is 0.671. The highest BCUT2D eigenvalue weighted by Crippen LogP contribution is 2.70. The summed E-state index contributed by atoms with van der Waals surface area (Å²) in [5, 5.41) is 2.77. The second-order valence-corrected chi connectivity index (χ2v) is 6.08. The van der Waals surface area contributed by atoms with Crippen LogP contribution in [0.4, 0.5) is 0 Å². The number of rotatable bonds is 0. The van der Waals surface area contributed by atoms with Crippen LogP contribution in [0.2, 0.25) is 0 Å². The monoisotopic (exact) mass is 156 g/mol. The Morgan fingerprint density at radius 2 is 2.33 bits per heavy atom. The van der Waals surface area contributed by atoms with Gasteiger partial charge in [0, 0.05) is 20.5 Å². The Bertz CT molecular complexity index is 199. The molecule has 1 aliphatic carbocycles.